The number of methoxy groups -OCH3 is 2. The number of sulfonamides is 1. The summed E-state index contributed by atoms with van der Waals surface area (Å²) >= 11 is 0. The monoisotopic (exact) mass is 402 g/mol. The Morgan fingerprint density at radius 1 is 1.18 bits per heavy atom. The van der Waals surface area contributed by atoms with E-state index in [-0.39, 0.29) is 5.75 Å². The van der Waals surface area contributed by atoms with E-state index < -0.39 is 10.0 Å². The summed E-state index contributed by atoms with van der Waals surface area (Å²) in [7, 11) is -0.409. The van der Waals surface area contributed by atoms with Gasteiger partial charge in [-0.05, 0) is 29.8 Å². The second-order valence-electron chi connectivity index (χ2n) is 6.11. The molecule has 1 aliphatic rings. The van der Waals surface area contributed by atoms with Gasteiger partial charge in [-0.1, -0.05) is 18.2 Å². The highest BCUT2D eigenvalue weighted by atomic mass is 32.2. The lowest BCUT2D eigenvalue weighted by atomic mass is 10.1. The van der Waals surface area contributed by atoms with Gasteiger partial charge in [-0.15, -0.1) is 0 Å². The number of hydrogen-bond acceptors (Lipinski definition) is 7. The van der Waals surface area contributed by atoms with Crippen molar-refractivity contribution in [1.29, 1.82) is 0 Å². The van der Waals surface area contributed by atoms with Crippen LogP contribution < -0.4 is 25.2 Å². The molecule has 2 aromatic carbocycles. The van der Waals surface area contributed by atoms with Crippen molar-refractivity contribution in [2.75, 3.05) is 26.2 Å². The fraction of sp³-hybridized carbons (Fsp3) is 0.211. The van der Waals surface area contributed by atoms with Gasteiger partial charge in [0.25, 0.3) is 0 Å². The molecule has 4 N–H and O–H groups in total. The van der Waals surface area contributed by atoms with E-state index in [0.717, 1.165) is 16.9 Å². The summed E-state index contributed by atoms with van der Waals surface area (Å²) in [4.78, 5) is 4.41. The third-order valence-electron chi connectivity index (χ3n) is 4.06. The molecule has 0 fully saturated rings. The van der Waals surface area contributed by atoms with E-state index in [9.17, 15) is 8.42 Å². The third-order valence-corrected chi connectivity index (χ3v) is 4.80. The second kappa shape index (κ2) is 8.32. The van der Waals surface area contributed by atoms with Crippen LogP contribution in [0.2, 0.25) is 0 Å². The van der Waals surface area contributed by atoms with Gasteiger partial charge in [0.2, 0.25) is 10.0 Å². The van der Waals surface area contributed by atoms with Gasteiger partial charge < -0.3 is 20.1 Å². The fourth-order valence-corrected chi connectivity index (χ4v) is 3.55. The van der Waals surface area contributed by atoms with Crippen LogP contribution in [-0.4, -0.2) is 35.1 Å². The van der Waals surface area contributed by atoms with E-state index in [1.165, 1.54) is 0 Å². The summed E-state index contributed by atoms with van der Waals surface area (Å²) in [5.74, 6) is 1.67. The first-order chi connectivity index (χ1) is 13.4. The molecule has 0 spiro atoms. The maximum atomic E-state index is 11.3. The minimum absolute atomic E-state index is 0.224. The van der Waals surface area contributed by atoms with Crippen LogP contribution in [0.1, 0.15) is 11.1 Å². The molecule has 0 radical (unpaired) electrons. The topological polar surface area (TPSA) is 115 Å². The lowest BCUT2D eigenvalue weighted by Crippen LogP contribution is -2.24. The average molecular weight is 402 g/mol. The number of nitrogens with two attached hydrogens (primary N) is 1. The standard InChI is InChI=1S/C19H22N4O4S/c1-26-17-8-4-7-15(19(17)27-2)16-10-18(22-12-21-16)23-14-6-3-5-13(9-14)11-28(20,24)25/h3-10,21H,11-12H2,1-2H3,(H,22,23)(H2,20,24,25). The van der Waals surface area contributed by atoms with Crippen molar-refractivity contribution in [2.45, 2.75) is 5.75 Å². The molecule has 0 unspecified atom stereocenters. The molecule has 0 saturated carbocycles. The average Bonchev–Trinajstić information content (AvgIpc) is 2.66. The fourth-order valence-electron chi connectivity index (χ4n) is 2.91. The van der Waals surface area contributed by atoms with Crippen molar-refractivity contribution < 1.29 is 17.9 Å². The van der Waals surface area contributed by atoms with Gasteiger partial charge in [0.1, 0.15) is 12.5 Å². The minimum atomic E-state index is -3.59. The first-order valence-corrected chi connectivity index (χ1v) is 10.2. The number of amidine groups is 1. The molecular weight excluding hydrogens is 380 g/mol. The van der Waals surface area contributed by atoms with Crippen LogP contribution in [0.3, 0.4) is 0 Å². The molecule has 0 saturated heterocycles. The maximum Gasteiger partial charge on any atom is 0.213 e. The van der Waals surface area contributed by atoms with Gasteiger partial charge in [0.15, 0.2) is 11.5 Å². The van der Waals surface area contributed by atoms with Crippen LogP contribution in [0.15, 0.2) is 53.5 Å². The summed E-state index contributed by atoms with van der Waals surface area (Å²) in [6, 6.07) is 12.7. The number of primary sulfonamides is 1. The summed E-state index contributed by atoms with van der Waals surface area (Å²) in [6.45, 7) is 0.380. The number of rotatable bonds is 6. The number of para-hydroxylation sites is 1. The van der Waals surface area contributed by atoms with Crippen molar-refractivity contribution in [3.63, 3.8) is 0 Å². The van der Waals surface area contributed by atoms with Crippen LogP contribution in [0, 0.1) is 0 Å². The Bertz CT molecular complexity index is 1030. The van der Waals surface area contributed by atoms with E-state index in [0.29, 0.717) is 29.6 Å². The Morgan fingerprint density at radius 2 is 1.96 bits per heavy atom. The Labute approximate surface area is 164 Å². The number of hydrogen-bond donors (Lipinski definition) is 3. The van der Waals surface area contributed by atoms with Crippen LogP contribution in [0.4, 0.5) is 5.69 Å². The molecule has 28 heavy (non-hydrogen) atoms. The number of ether oxygens (including phenoxy) is 2. The van der Waals surface area contributed by atoms with E-state index in [4.69, 9.17) is 14.6 Å². The summed E-state index contributed by atoms with van der Waals surface area (Å²) in [6.07, 6.45) is 1.85. The molecule has 148 valence electrons. The van der Waals surface area contributed by atoms with Gasteiger partial charge in [0, 0.05) is 17.3 Å². The molecule has 0 aromatic heterocycles. The van der Waals surface area contributed by atoms with Crippen LogP contribution >= 0.6 is 0 Å². The lowest BCUT2D eigenvalue weighted by Gasteiger charge is -2.20. The third kappa shape index (κ3) is 4.81. The number of nitrogens with one attached hydrogen (secondary N) is 2. The van der Waals surface area contributed by atoms with Gasteiger partial charge in [-0.25, -0.2) is 18.5 Å². The molecule has 0 amide bonds. The minimum Gasteiger partial charge on any atom is -0.493 e. The molecule has 0 aliphatic carbocycles. The van der Waals surface area contributed by atoms with E-state index >= 15 is 0 Å². The zero-order valence-corrected chi connectivity index (χ0v) is 16.4. The van der Waals surface area contributed by atoms with Crippen molar-refractivity contribution in [3.05, 3.63) is 59.7 Å². The second-order valence-corrected chi connectivity index (χ2v) is 7.72. The van der Waals surface area contributed by atoms with Crippen molar-refractivity contribution in [3.8, 4) is 11.5 Å². The number of aliphatic imine (C=N–C) groups is 1. The zero-order valence-electron chi connectivity index (χ0n) is 15.6. The van der Waals surface area contributed by atoms with E-state index in [2.05, 4.69) is 15.6 Å². The molecule has 1 heterocycles. The highest BCUT2D eigenvalue weighted by Crippen LogP contribution is 2.34. The molecule has 9 heteroatoms. The summed E-state index contributed by atoms with van der Waals surface area (Å²) in [5, 5.41) is 11.5. The van der Waals surface area contributed by atoms with Crippen LogP contribution in [-0.2, 0) is 15.8 Å². The molecule has 0 bridgehead atoms. The van der Waals surface area contributed by atoms with Gasteiger partial charge in [0.05, 0.1) is 25.7 Å². The van der Waals surface area contributed by atoms with Crippen molar-refractivity contribution >= 4 is 27.2 Å². The molecule has 0 atom stereocenters. The number of anilines is 1. The quantitative estimate of drug-likeness (QED) is 0.680. The summed E-state index contributed by atoms with van der Waals surface area (Å²) < 4.78 is 33.5. The SMILES string of the molecule is COc1cccc(C2=CC(Nc3cccc(CS(N)(=O)=O)c3)=NCN2)c1OC. The Morgan fingerprint density at radius 3 is 2.68 bits per heavy atom. The van der Waals surface area contributed by atoms with E-state index in [1.807, 2.05) is 30.3 Å². The molecule has 3 rings (SSSR count). The first kappa shape index (κ1) is 19.7. The van der Waals surface area contributed by atoms with Crippen molar-refractivity contribution in [2.24, 2.45) is 10.1 Å². The largest absolute Gasteiger partial charge is 0.493 e. The molecule has 8 nitrogen and oxygen atoms in total. The van der Waals surface area contributed by atoms with Crippen LogP contribution in [0.5, 0.6) is 11.5 Å². The Balaban J connectivity index is 1.85. The number of benzene rings is 2. The van der Waals surface area contributed by atoms with Crippen molar-refractivity contribution in [1.82, 2.24) is 5.32 Å². The Hall–Kier alpha value is -3.04. The van der Waals surface area contributed by atoms with Gasteiger partial charge in [-0.3, -0.25) is 0 Å². The maximum absolute atomic E-state index is 11.3. The first-order valence-electron chi connectivity index (χ1n) is 8.47. The zero-order chi connectivity index (χ0) is 20.1. The predicted molar refractivity (Wildman–Crippen MR) is 110 cm³/mol. The predicted octanol–water partition coefficient (Wildman–Crippen LogP) is 1.90. The lowest BCUT2D eigenvalue weighted by molar-refractivity contribution is 0.354. The highest BCUT2D eigenvalue weighted by molar-refractivity contribution is 7.88. The van der Waals surface area contributed by atoms with Crippen LogP contribution in [0.25, 0.3) is 5.70 Å². The summed E-state index contributed by atoms with van der Waals surface area (Å²) in [5.41, 5.74) is 2.99. The molecule has 2 aromatic rings. The normalized spacial score (nSPS) is 13.8. The smallest absolute Gasteiger partial charge is 0.213 e. The molecular formula is C19H22N4O4S. The highest BCUT2D eigenvalue weighted by Gasteiger charge is 2.16. The van der Waals surface area contributed by atoms with Gasteiger partial charge in [-0.2, -0.15) is 0 Å². The Kier molecular flexibility index (Phi) is 5.86. The van der Waals surface area contributed by atoms with Gasteiger partial charge >= 0.3 is 0 Å². The van der Waals surface area contributed by atoms with E-state index in [1.54, 1.807) is 32.4 Å². The number of nitrogens with zero attached hydrogens (tertiary/aromatic N) is 1. The molecule has 1 aliphatic heterocycles.